The van der Waals surface area contributed by atoms with Crippen LogP contribution < -0.4 is 5.73 Å². The van der Waals surface area contributed by atoms with Crippen LogP contribution in [0.1, 0.15) is 87.7 Å². The molecule has 2 N–H and O–H groups in total. The van der Waals surface area contributed by atoms with Gasteiger partial charge in [-0.25, -0.2) is 0 Å². The van der Waals surface area contributed by atoms with E-state index in [4.69, 9.17) is 5.73 Å². The Labute approximate surface area is 226 Å². The van der Waals surface area contributed by atoms with E-state index in [1.165, 1.54) is 59.5 Å². The molecule has 1 atom stereocenters. The highest BCUT2D eigenvalue weighted by Gasteiger charge is 2.27. The van der Waals surface area contributed by atoms with Crippen molar-refractivity contribution >= 4 is 27.5 Å². The molecule has 4 nitrogen and oxygen atoms in total. The van der Waals surface area contributed by atoms with E-state index in [0.717, 1.165) is 43.5 Å². The van der Waals surface area contributed by atoms with Gasteiger partial charge < -0.3 is 10.3 Å². The van der Waals surface area contributed by atoms with E-state index >= 15 is 0 Å². The monoisotopic (exact) mass is 507 g/mol. The Morgan fingerprint density at radius 3 is 2.39 bits per heavy atom. The number of nitrogens with zero attached hydrogens (tertiary/aromatic N) is 2. The fourth-order valence-corrected chi connectivity index (χ4v) is 7.18. The second-order valence-corrected chi connectivity index (χ2v) is 12.0. The molecule has 2 aliphatic carbocycles. The van der Waals surface area contributed by atoms with Gasteiger partial charge in [-0.3, -0.25) is 9.78 Å². The maximum atomic E-state index is 13.7. The van der Waals surface area contributed by atoms with Gasteiger partial charge in [0.1, 0.15) is 5.78 Å². The Bertz CT molecular complexity index is 1390. The highest BCUT2D eigenvalue weighted by atomic mass is 16.1. The summed E-state index contributed by atoms with van der Waals surface area (Å²) >= 11 is 0. The largest absolute Gasteiger partial charge is 0.347 e. The Kier molecular flexibility index (Phi) is 7.60. The molecule has 38 heavy (non-hydrogen) atoms. The zero-order chi connectivity index (χ0) is 25.9. The van der Waals surface area contributed by atoms with Gasteiger partial charge in [0.05, 0.1) is 0 Å². The van der Waals surface area contributed by atoms with Crippen molar-refractivity contribution in [3.05, 3.63) is 78.2 Å². The lowest BCUT2D eigenvalue weighted by atomic mass is 9.80. The van der Waals surface area contributed by atoms with Crippen LogP contribution in [0.5, 0.6) is 0 Å². The maximum absolute atomic E-state index is 13.7. The Hall–Kier alpha value is -2.98. The second kappa shape index (κ2) is 11.4. The number of fused-ring (bicyclic) bond motifs is 2. The quantitative estimate of drug-likeness (QED) is 0.265. The molecule has 4 heteroatoms. The van der Waals surface area contributed by atoms with E-state index in [1.807, 2.05) is 12.4 Å². The number of benzene rings is 2. The van der Waals surface area contributed by atoms with Crippen molar-refractivity contribution in [1.29, 1.82) is 0 Å². The van der Waals surface area contributed by atoms with Crippen molar-refractivity contribution in [2.24, 2.45) is 17.6 Å². The van der Waals surface area contributed by atoms with Gasteiger partial charge in [-0.05, 0) is 72.9 Å². The molecule has 0 saturated heterocycles. The third-order valence-electron chi connectivity index (χ3n) is 9.29. The molecule has 0 bridgehead atoms. The number of hydrogen-bond acceptors (Lipinski definition) is 3. The molecule has 0 aliphatic heterocycles. The van der Waals surface area contributed by atoms with Gasteiger partial charge in [0.25, 0.3) is 0 Å². The normalized spacial score (nSPS) is 21.6. The van der Waals surface area contributed by atoms with E-state index in [-0.39, 0.29) is 5.92 Å². The molecule has 2 fully saturated rings. The van der Waals surface area contributed by atoms with Gasteiger partial charge in [-0.2, -0.15) is 0 Å². The van der Waals surface area contributed by atoms with E-state index in [9.17, 15) is 4.79 Å². The molecular weight excluding hydrogens is 466 g/mol. The number of rotatable bonds is 8. The molecular formula is C34H41N3O. The van der Waals surface area contributed by atoms with E-state index in [0.29, 0.717) is 30.6 Å². The highest BCUT2D eigenvalue weighted by molar-refractivity contribution is 5.91. The number of carbonyl (C=O) groups is 1. The summed E-state index contributed by atoms with van der Waals surface area (Å²) in [5, 5.41) is 3.61. The van der Waals surface area contributed by atoms with E-state index < -0.39 is 0 Å². The zero-order valence-corrected chi connectivity index (χ0v) is 22.5. The van der Waals surface area contributed by atoms with Crippen LogP contribution in [0.25, 0.3) is 21.7 Å². The first-order valence-corrected chi connectivity index (χ1v) is 14.8. The van der Waals surface area contributed by atoms with Crippen LogP contribution in [-0.4, -0.2) is 21.4 Å². The SMILES string of the molecule is NC1CCC(CC(=O)CC(c2cncc3ccccc23)c2cn(CC3CCCCC3)c3ccccc23)CC1. The Balaban J connectivity index is 1.38. The van der Waals surface area contributed by atoms with Crippen molar-refractivity contribution in [3.63, 3.8) is 0 Å². The van der Waals surface area contributed by atoms with Crippen LogP contribution in [0.4, 0.5) is 0 Å². The third-order valence-corrected chi connectivity index (χ3v) is 9.29. The summed E-state index contributed by atoms with van der Waals surface area (Å²) in [6.45, 7) is 1.07. The number of Topliss-reactive ketones (excluding diaryl/α,β-unsaturated/α-hetero) is 1. The van der Waals surface area contributed by atoms with Gasteiger partial charge in [-0.1, -0.05) is 61.7 Å². The lowest BCUT2D eigenvalue weighted by molar-refractivity contribution is -0.120. The molecule has 2 aromatic carbocycles. The molecule has 6 rings (SSSR count). The standard InChI is InChI=1S/C34H41N3O/c35-27-16-14-24(15-17-27)18-28(38)19-31(32-21-36-20-26-10-4-5-11-29(26)32)33-23-37(22-25-8-2-1-3-9-25)34-13-7-6-12-30(33)34/h4-7,10-13,20-21,23-25,27,31H,1-3,8-9,14-19,22,35H2. The average molecular weight is 508 g/mol. The number of hydrogen-bond donors (Lipinski definition) is 1. The van der Waals surface area contributed by atoms with Crippen molar-refractivity contribution in [3.8, 4) is 0 Å². The van der Waals surface area contributed by atoms with Crippen LogP contribution >= 0.6 is 0 Å². The molecule has 198 valence electrons. The topological polar surface area (TPSA) is 60.9 Å². The van der Waals surface area contributed by atoms with Crippen LogP contribution in [0.2, 0.25) is 0 Å². The minimum Gasteiger partial charge on any atom is -0.347 e. The number of para-hydroxylation sites is 1. The summed E-state index contributed by atoms with van der Waals surface area (Å²) in [4.78, 5) is 18.3. The van der Waals surface area contributed by atoms with Crippen molar-refractivity contribution in [2.75, 3.05) is 0 Å². The van der Waals surface area contributed by atoms with Crippen LogP contribution in [0, 0.1) is 11.8 Å². The maximum Gasteiger partial charge on any atom is 0.134 e. The zero-order valence-electron chi connectivity index (χ0n) is 22.5. The third kappa shape index (κ3) is 5.42. The smallest absolute Gasteiger partial charge is 0.134 e. The summed E-state index contributed by atoms with van der Waals surface area (Å²) < 4.78 is 2.49. The van der Waals surface area contributed by atoms with Crippen LogP contribution in [0.15, 0.2) is 67.1 Å². The van der Waals surface area contributed by atoms with Gasteiger partial charge in [-0.15, -0.1) is 0 Å². The Morgan fingerprint density at radius 2 is 1.58 bits per heavy atom. The predicted molar refractivity (Wildman–Crippen MR) is 156 cm³/mol. The van der Waals surface area contributed by atoms with Crippen LogP contribution in [0.3, 0.4) is 0 Å². The molecule has 2 aliphatic rings. The molecule has 1 unspecified atom stereocenters. The number of nitrogens with two attached hydrogens (primary N) is 1. The summed E-state index contributed by atoms with van der Waals surface area (Å²) in [5.41, 5.74) is 9.87. The summed E-state index contributed by atoms with van der Waals surface area (Å²) in [6.07, 6.45) is 18.5. The van der Waals surface area contributed by atoms with Crippen molar-refractivity contribution in [1.82, 2.24) is 9.55 Å². The predicted octanol–water partition coefficient (Wildman–Crippen LogP) is 7.77. The van der Waals surface area contributed by atoms with E-state index in [1.54, 1.807) is 0 Å². The number of pyridine rings is 1. The molecule has 0 amide bonds. The molecule has 2 aromatic heterocycles. The molecule has 2 saturated carbocycles. The second-order valence-electron chi connectivity index (χ2n) is 12.0. The molecule has 0 spiro atoms. The van der Waals surface area contributed by atoms with Crippen LogP contribution in [-0.2, 0) is 11.3 Å². The summed E-state index contributed by atoms with van der Waals surface area (Å²) in [6, 6.07) is 17.6. The van der Waals surface area contributed by atoms with E-state index in [2.05, 4.69) is 64.3 Å². The first-order chi connectivity index (χ1) is 18.7. The number of carbonyl (C=O) groups excluding carboxylic acids is 1. The minimum atomic E-state index is -0.00977. The lowest BCUT2D eigenvalue weighted by Crippen LogP contribution is -2.27. The average Bonchev–Trinajstić information content (AvgIpc) is 3.31. The van der Waals surface area contributed by atoms with Gasteiger partial charge in [0, 0.05) is 66.2 Å². The molecule has 0 radical (unpaired) electrons. The van der Waals surface area contributed by atoms with Crippen molar-refractivity contribution < 1.29 is 4.79 Å². The fourth-order valence-electron chi connectivity index (χ4n) is 7.18. The molecule has 2 heterocycles. The molecule has 4 aromatic rings. The first kappa shape index (κ1) is 25.3. The fraction of sp³-hybridized carbons (Fsp3) is 0.471. The highest BCUT2D eigenvalue weighted by Crippen LogP contribution is 2.39. The number of aromatic nitrogens is 2. The Morgan fingerprint density at radius 1 is 0.842 bits per heavy atom. The van der Waals surface area contributed by atoms with Gasteiger partial charge in [0.2, 0.25) is 0 Å². The van der Waals surface area contributed by atoms with Gasteiger partial charge >= 0.3 is 0 Å². The minimum absolute atomic E-state index is 0.00977. The van der Waals surface area contributed by atoms with Gasteiger partial charge in [0.15, 0.2) is 0 Å². The van der Waals surface area contributed by atoms with Crippen molar-refractivity contribution in [2.45, 2.75) is 89.1 Å². The summed E-state index contributed by atoms with van der Waals surface area (Å²) in [7, 11) is 0. The first-order valence-electron chi connectivity index (χ1n) is 14.8. The number of ketones is 1. The lowest BCUT2D eigenvalue weighted by Gasteiger charge is -2.26. The summed E-state index contributed by atoms with van der Waals surface area (Å²) in [5.74, 6) is 1.57.